The summed E-state index contributed by atoms with van der Waals surface area (Å²) >= 11 is 0. The first-order valence-electron chi connectivity index (χ1n) is 8.62. The molecule has 1 amide bonds. The van der Waals surface area contributed by atoms with Gasteiger partial charge in [0.1, 0.15) is 17.1 Å². The van der Waals surface area contributed by atoms with E-state index in [1.807, 2.05) is 0 Å². The molecule has 150 valence electrons. The standard InChI is InChI=1S/C21H12F3N3O3/c22-11-3-1-4-13(9-11)27-19-14(5-2-8-25-19)18(28)17(21(27)30)20(29)26-12-6-7-15(23)16(24)10-12/h1-10,28H,(H,26,29). The summed E-state index contributed by atoms with van der Waals surface area (Å²) in [5.74, 6) is -4.63. The lowest BCUT2D eigenvalue weighted by molar-refractivity contribution is 0.102. The van der Waals surface area contributed by atoms with Crippen LogP contribution in [0.2, 0.25) is 0 Å². The predicted molar refractivity (Wildman–Crippen MR) is 103 cm³/mol. The van der Waals surface area contributed by atoms with Crippen molar-refractivity contribution in [3.05, 3.63) is 94.2 Å². The van der Waals surface area contributed by atoms with Crippen LogP contribution in [0.5, 0.6) is 5.75 Å². The zero-order valence-electron chi connectivity index (χ0n) is 15.1. The van der Waals surface area contributed by atoms with Gasteiger partial charge in [0.2, 0.25) is 0 Å². The SMILES string of the molecule is O=C(Nc1ccc(F)c(F)c1)c1c(O)c2cccnc2n(-c2cccc(F)c2)c1=O. The number of nitrogens with zero attached hydrogens (tertiary/aromatic N) is 2. The number of carbonyl (C=O) groups is 1. The molecule has 2 heterocycles. The molecule has 0 aliphatic heterocycles. The molecule has 4 aromatic rings. The highest BCUT2D eigenvalue weighted by Crippen LogP contribution is 2.27. The van der Waals surface area contributed by atoms with Crippen molar-refractivity contribution in [1.29, 1.82) is 0 Å². The Kier molecular flexibility index (Phi) is 4.71. The number of carbonyl (C=O) groups excluding carboxylic acids is 1. The normalized spacial score (nSPS) is 10.9. The third-order valence-corrected chi connectivity index (χ3v) is 4.38. The van der Waals surface area contributed by atoms with Crippen LogP contribution in [0, 0.1) is 17.5 Å². The molecule has 30 heavy (non-hydrogen) atoms. The van der Waals surface area contributed by atoms with Crippen molar-refractivity contribution in [3.8, 4) is 11.4 Å². The maximum atomic E-state index is 13.8. The van der Waals surface area contributed by atoms with Gasteiger partial charge in [-0.1, -0.05) is 6.07 Å². The summed E-state index contributed by atoms with van der Waals surface area (Å²) < 4.78 is 41.3. The fourth-order valence-electron chi connectivity index (χ4n) is 3.03. The topological polar surface area (TPSA) is 84.2 Å². The van der Waals surface area contributed by atoms with Gasteiger partial charge in [-0.15, -0.1) is 0 Å². The van der Waals surface area contributed by atoms with Gasteiger partial charge in [-0.2, -0.15) is 0 Å². The van der Waals surface area contributed by atoms with Crippen LogP contribution in [-0.4, -0.2) is 20.6 Å². The largest absolute Gasteiger partial charge is 0.506 e. The van der Waals surface area contributed by atoms with E-state index >= 15 is 0 Å². The number of fused-ring (bicyclic) bond motifs is 1. The number of aromatic nitrogens is 2. The van der Waals surface area contributed by atoms with Gasteiger partial charge in [-0.25, -0.2) is 18.2 Å². The molecule has 6 nitrogen and oxygen atoms in total. The molecule has 0 aliphatic carbocycles. The van der Waals surface area contributed by atoms with E-state index in [1.165, 1.54) is 36.5 Å². The number of pyridine rings is 2. The van der Waals surface area contributed by atoms with Crippen molar-refractivity contribution in [2.75, 3.05) is 5.32 Å². The minimum absolute atomic E-state index is 0.00924. The lowest BCUT2D eigenvalue weighted by Crippen LogP contribution is -2.29. The predicted octanol–water partition coefficient (Wildman–Crippen LogP) is 3.76. The van der Waals surface area contributed by atoms with Crippen LogP contribution in [0.1, 0.15) is 10.4 Å². The Labute approximate surface area is 166 Å². The van der Waals surface area contributed by atoms with E-state index in [4.69, 9.17) is 0 Å². The van der Waals surface area contributed by atoms with Gasteiger partial charge in [0.15, 0.2) is 17.3 Å². The first kappa shape index (κ1) is 19.2. The van der Waals surface area contributed by atoms with E-state index in [0.29, 0.717) is 0 Å². The molecule has 0 spiro atoms. The van der Waals surface area contributed by atoms with Crippen molar-refractivity contribution in [3.63, 3.8) is 0 Å². The molecule has 0 saturated carbocycles. The van der Waals surface area contributed by atoms with Gasteiger partial charge >= 0.3 is 0 Å². The zero-order chi connectivity index (χ0) is 21.4. The fourth-order valence-corrected chi connectivity index (χ4v) is 3.03. The van der Waals surface area contributed by atoms with Gasteiger partial charge < -0.3 is 10.4 Å². The Morgan fingerprint density at radius 2 is 1.80 bits per heavy atom. The highest BCUT2D eigenvalue weighted by atomic mass is 19.2. The van der Waals surface area contributed by atoms with E-state index in [0.717, 1.165) is 28.8 Å². The Morgan fingerprint density at radius 3 is 2.53 bits per heavy atom. The van der Waals surface area contributed by atoms with Crippen molar-refractivity contribution in [2.24, 2.45) is 0 Å². The van der Waals surface area contributed by atoms with Crippen LogP contribution in [0.25, 0.3) is 16.7 Å². The highest BCUT2D eigenvalue weighted by molar-refractivity contribution is 6.09. The van der Waals surface area contributed by atoms with Gasteiger partial charge in [0.25, 0.3) is 11.5 Å². The number of aromatic hydroxyl groups is 1. The van der Waals surface area contributed by atoms with Crippen LogP contribution in [0.4, 0.5) is 18.9 Å². The molecule has 0 aliphatic rings. The van der Waals surface area contributed by atoms with E-state index in [9.17, 15) is 27.9 Å². The van der Waals surface area contributed by atoms with Gasteiger partial charge in [0.05, 0.1) is 11.1 Å². The Balaban J connectivity index is 1.93. The molecule has 4 rings (SSSR count). The molecule has 0 atom stereocenters. The number of nitrogens with one attached hydrogen (secondary N) is 1. The van der Waals surface area contributed by atoms with Gasteiger partial charge in [-0.3, -0.25) is 14.2 Å². The number of halogens is 3. The average molecular weight is 411 g/mol. The fraction of sp³-hybridized carbons (Fsp3) is 0. The Bertz CT molecular complexity index is 1370. The third-order valence-electron chi connectivity index (χ3n) is 4.38. The van der Waals surface area contributed by atoms with Crippen LogP contribution in [-0.2, 0) is 0 Å². The summed E-state index contributed by atoms with van der Waals surface area (Å²) in [5, 5.41) is 12.9. The Morgan fingerprint density at radius 1 is 1.00 bits per heavy atom. The minimum Gasteiger partial charge on any atom is -0.506 e. The van der Waals surface area contributed by atoms with Crippen molar-refractivity contribution >= 4 is 22.6 Å². The molecular formula is C21H12F3N3O3. The van der Waals surface area contributed by atoms with E-state index in [-0.39, 0.29) is 22.4 Å². The first-order valence-corrected chi connectivity index (χ1v) is 8.62. The van der Waals surface area contributed by atoms with E-state index < -0.39 is 40.2 Å². The second kappa shape index (κ2) is 7.36. The van der Waals surface area contributed by atoms with Gasteiger partial charge in [-0.05, 0) is 42.5 Å². The number of rotatable bonds is 3. The number of hydrogen-bond donors (Lipinski definition) is 2. The van der Waals surface area contributed by atoms with Crippen LogP contribution >= 0.6 is 0 Å². The van der Waals surface area contributed by atoms with Crippen LogP contribution < -0.4 is 10.9 Å². The molecule has 0 saturated heterocycles. The van der Waals surface area contributed by atoms with Crippen molar-refractivity contribution < 1.29 is 23.1 Å². The lowest BCUT2D eigenvalue weighted by Gasteiger charge is -2.14. The molecule has 2 aromatic heterocycles. The van der Waals surface area contributed by atoms with Crippen LogP contribution in [0.3, 0.4) is 0 Å². The number of anilines is 1. The lowest BCUT2D eigenvalue weighted by atomic mass is 10.1. The monoisotopic (exact) mass is 411 g/mol. The molecule has 9 heteroatoms. The number of hydrogen-bond acceptors (Lipinski definition) is 4. The zero-order valence-corrected chi connectivity index (χ0v) is 15.1. The molecule has 0 bridgehead atoms. The van der Waals surface area contributed by atoms with Crippen molar-refractivity contribution in [1.82, 2.24) is 9.55 Å². The smallest absolute Gasteiger partial charge is 0.273 e. The summed E-state index contributed by atoms with van der Waals surface area (Å²) in [6.45, 7) is 0. The molecule has 2 N–H and O–H groups in total. The number of amides is 1. The molecule has 0 unspecified atom stereocenters. The molecule has 0 fully saturated rings. The molecular weight excluding hydrogens is 399 g/mol. The summed E-state index contributed by atoms with van der Waals surface area (Å²) in [7, 11) is 0. The first-order chi connectivity index (χ1) is 14.4. The maximum absolute atomic E-state index is 13.8. The number of benzene rings is 2. The Hall–Kier alpha value is -4.14. The highest BCUT2D eigenvalue weighted by Gasteiger charge is 2.24. The maximum Gasteiger partial charge on any atom is 0.273 e. The van der Waals surface area contributed by atoms with E-state index in [1.54, 1.807) is 0 Å². The van der Waals surface area contributed by atoms with Crippen LogP contribution in [0.15, 0.2) is 65.6 Å². The second-order valence-corrected chi connectivity index (χ2v) is 6.30. The van der Waals surface area contributed by atoms with Gasteiger partial charge in [0, 0.05) is 18.0 Å². The summed E-state index contributed by atoms with van der Waals surface area (Å²) in [6.07, 6.45) is 1.37. The molecule has 2 aromatic carbocycles. The quantitative estimate of drug-likeness (QED) is 0.538. The minimum atomic E-state index is -1.20. The van der Waals surface area contributed by atoms with Crippen molar-refractivity contribution in [2.45, 2.75) is 0 Å². The summed E-state index contributed by atoms with van der Waals surface area (Å²) in [6, 6.07) is 10.6. The second-order valence-electron chi connectivity index (χ2n) is 6.30. The summed E-state index contributed by atoms with van der Waals surface area (Å²) in [5.41, 5.74) is -1.66. The van der Waals surface area contributed by atoms with E-state index in [2.05, 4.69) is 10.3 Å². The summed E-state index contributed by atoms with van der Waals surface area (Å²) in [4.78, 5) is 29.9. The third kappa shape index (κ3) is 3.26. The average Bonchev–Trinajstić information content (AvgIpc) is 2.71. The molecule has 0 radical (unpaired) electrons.